The quantitative estimate of drug-likeness (QED) is 0.649. The van der Waals surface area contributed by atoms with E-state index in [1.54, 1.807) is 11.3 Å². The summed E-state index contributed by atoms with van der Waals surface area (Å²) in [6.07, 6.45) is 2.24. The molecule has 102 valence electrons. The van der Waals surface area contributed by atoms with Gasteiger partial charge in [0.2, 0.25) is 0 Å². The summed E-state index contributed by atoms with van der Waals surface area (Å²) >= 11 is 8.42. The average molecular weight is 397 g/mol. The van der Waals surface area contributed by atoms with Crippen LogP contribution in [0.3, 0.4) is 0 Å². The van der Waals surface area contributed by atoms with Gasteiger partial charge in [0.25, 0.3) is 5.91 Å². The number of halogens is 2. The third-order valence-electron chi connectivity index (χ3n) is 3.19. The van der Waals surface area contributed by atoms with E-state index in [0.717, 1.165) is 39.1 Å². The van der Waals surface area contributed by atoms with Gasteiger partial charge in [-0.1, -0.05) is 26.7 Å². The Morgan fingerprint density at radius 1 is 1.33 bits per heavy atom. The minimum atomic E-state index is 0.123. The molecule has 0 fully saturated rings. The molecule has 1 aromatic heterocycles. The van der Waals surface area contributed by atoms with Crippen LogP contribution in [0.4, 0.5) is 0 Å². The number of thiophene rings is 1. The maximum atomic E-state index is 12.5. The van der Waals surface area contributed by atoms with Gasteiger partial charge in [0, 0.05) is 13.1 Å². The minimum absolute atomic E-state index is 0.123. The molecule has 0 spiro atoms. The summed E-state index contributed by atoms with van der Waals surface area (Å²) in [7, 11) is 0. The lowest BCUT2D eigenvalue weighted by molar-refractivity contribution is 0.0734. The summed E-state index contributed by atoms with van der Waals surface area (Å²) in [5, 5.41) is 0. The zero-order chi connectivity index (χ0) is 13.7. The first-order valence-electron chi connectivity index (χ1n) is 6.27. The van der Waals surface area contributed by atoms with Gasteiger partial charge in [-0.2, -0.15) is 0 Å². The first-order valence-corrected chi connectivity index (χ1v) is 8.67. The molecule has 0 aliphatic rings. The van der Waals surface area contributed by atoms with Crippen LogP contribution in [0, 0.1) is 5.92 Å². The van der Waals surface area contributed by atoms with Gasteiger partial charge in [-0.3, -0.25) is 4.79 Å². The first-order chi connectivity index (χ1) is 8.53. The third-order valence-corrected chi connectivity index (χ3v) is 5.53. The van der Waals surface area contributed by atoms with Crippen LogP contribution >= 0.6 is 43.2 Å². The first kappa shape index (κ1) is 16.2. The molecule has 1 aromatic rings. The van der Waals surface area contributed by atoms with Crippen LogP contribution in [0.25, 0.3) is 0 Å². The van der Waals surface area contributed by atoms with E-state index in [4.69, 9.17) is 0 Å². The molecule has 1 amide bonds. The minimum Gasteiger partial charge on any atom is -0.339 e. The van der Waals surface area contributed by atoms with Crippen LogP contribution in [-0.2, 0) is 0 Å². The molecule has 0 saturated heterocycles. The number of hydrogen-bond donors (Lipinski definition) is 0. The molecule has 0 saturated carbocycles. The SMILES string of the molecule is CCC(CC)CN(CC)C(=O)c1cc(Br)sc1Br. The van der Waals surface area contributed by atoms with Crippen molar-refractivity contribution >= 4 is 49.1 Å². The molecule has 1 rings (SSSR count). The van der Waals surface area contributed by atoms with E-state index in [0.29, 0.717) is 5.92 Å². The smallest absolute Gasteiger partial charge is 0.255 e. The van der Waals surface area contributed by atoms with Gasteiger partial charge in [-0.15, -0.1) is 11.3 Å². The molecular formula is C13H19Br2NOS. The van der Waals surface area contributed by atoms with Crippen LogP contribution in [0.5, 0.6) is 0 Å². The van der Waals surface area contributed by atoms with Crippen LogP contribution in [0.1, 0.15) is 44.0 Å². The van der Waals surface area contributed by atoms with Gasteiger partial charge >= 0.3 is 0 Å². The standard InChI is InChI=1S/C13H19Br2NOS/c1-4-9(5-2)8-16(6-3)13(17)10-7-11(14)18-12(10)15/h7,9H,4-6,8H2,1-3H3. The highest BCUT2D eigenvalue weighted by molar-refractivity contribution is 9.12. The maximum Gasteiger partial charge on any atom is 0.255 e. The van der Waals surface area contributed by atoms with Crippen molar-refractivity contribution in [2.24, 2.45) is 5.92 Å². The zero-order valence-corrected chi connectivity index (χ0v) is 15.0. The predicted octanol–water partition coefficient (Wildman–Crippen LogP) is 5.17. The van der Waals surface area contributed by atoms with Gasteiger partial charge in [0.1, 0.15) is 0 Å². The average Bonchev–Trinajstić information content (AvgIpc) is 2.69. The molecule has 0 N–H and O–H groups in total. The summed E-state index contributed by atoms with van der Waals surface area (Å²) in [5.41, 5.74) is 0.764. The second kappa shape index (κ2) is 7.65. The monoisotopic (exact) mass is 395 g/mol. The fraction of sp³-hybridized carbons (Fsp3) is 0.615. The van der Waals surface area contributed by atoms with E-state index in [2.05, 4.69) is 45.7 Å². The molecule has 0 atom stereocenters. The van der Waals surface area contributed by atoms with Crippen molar-refractivity contribution in [1.82, 2.24) is 4.90 Å². The van der Waals surface area contributed by atoms with Crippen molar-refractivity contribution in [2.75, 3.05) is 13.1 Å². The summed E-state index contributed by atoms with van der Waals surface area (Å²) < 4.78 is 1.89. The van der Waals surface area contributed by atoms with Crippen LogP contribution in [0.2, 0.25) is 0 Å². The summed E-state index contributed by atoms with van der Waals surface area (Å²) in [4.78, 5) is 14.4. The molecule has 0 radical (unpaired) electrons. The highest BCUT2D eigenvalue weighted by Gasteiger charge is 2.21. The Labute approximate surface area is 130 Å². The van der Waals surface area contributed by atoms with Gasteiger partial charge in [-0.25, -0.2) is 0 Å². The maximum absolute atomic E-state index is 12.5. The Morgan fingerprint density at radius 3 is 2.33 bits per heavy atom. The van der Waals surface area contributed by atoms with Crippen LogP contribution in [-0.4, -0.2) is 23.9 Å². The second-order valence-corrected chi connectivity index (χ2v) is 8.01. The van der Waals surface area contributed by atoms with Crippen molar-refractivity contribution in [3.63, 3.8) is 0 Å². The highest BCUT2D eigenvalue weighted by atomic mass is 79.9. The fourth-order valence-corrected chi connectivity index (χ4v) is 4.65. The summed E-state index contributed by atoms with van der Waals surface area (Å²) in [6, 6.07) is 1.90. The normalized spacial score (nSPS) is 11.0. The number of amides is 1. The van der Waals surface area contributed by atoms with Crippen molar-refractivity contribution < 1.29 is 4.79 Å². The molecule has 0 aliphatic heterocycles. The Kier molecular flexibility index (Phi) is 6.88. The van der Waals surface area contributed by atoms with E-state index in [9.17, 15) is 4.79 Å². The number of carbonyl (C=O) groups is 1. The number of hydrogen-bond acceptors (Lipinski definition) is 2. The van der Waals surface area contributed by atoms with E-state index in [1.807, 2.05) is 17.9 Å². The van der Waals surface area contributed by atoms with E-state index >= 15 is 0 Å². The Morgan fingerprint density at radius 2 is 1.94 bits per heavy atom. The van der Waals surface area contributed by atoms with E-state index < -0.39 is 0 Å². The topological polar surface area (TPSA) is 20.3 Å². The zero-order valence-electron chi connectivity index (χ0n) is 11.0. The summed E-state index contributed by atoms with van der Waals surface area (Å²) in [6.45, 7) is 8.01. The molecule has 0 bridgehead atoms. The van der Waals surface area contributed by atoms with Crippen molar-refractivity contribution in [3.05, 3.63) is 19.2 Å². The van der Waals surface area contributed by atoms with E-state index in [1.165, 1.54) is 0 Å². The molecule has 2 nitrogen and oxygen atoms in total. The van der Waals surface area contributed by atoms with Crippen LogP contribution in [0.15, 0.2) is 13.6 Å². The molecule has 0 unspecified atom stereocenters. The Balaban J connectivity index is 2.82. The number of carbonyl (C=O) groups excluding carboxylic acids is 1. The molecule has 0 aromatic carbocycles. The summed E-state index contributed by atoms with van der Waals surface area (Å²) in [5.74, 6) is 0.716. The molecular weight excluding hydrogens is 378 g/mol. The number of nitrogens with zero attached hydrogens (tertiary/aromatic N) is 1. The molecule has 0 aliphatic carbocycles. The van der Waals surface area contributed by atoms with Crippen molar-refractivity contribution in [2.45, 2.75) is 33.6 Å². The lowest BCUT2D eigenvalue weighted by Gasteiger charge is -2.25. The Hall–Kier alpha value is 0.130. The van der Waals surface area contributed by atoms with Gasteiger partial charge in [0.05, 0.1) is 13.1 Å². The number of rotatable bonds is 6. The molecule has 18 heavy (non-hydrogen) atoms. The largest absolute Gasteiger partial charge is 0.339 e. The highest BCUT2D eigenvalue weighted by Crippen LogP contribution is 2.32. The molecule has 5 heteroatoms. The van der Waals surface area contributed by atoms with Gasteiger partial charge in [0.15, 0.2) is 0 Å². The fourth-order valence-electron chi connectivity index (χ4n) is 1.87. The van der Waals surface area contributed by atoms with Gasteiger partial charge in [-0.05, 0) is 50.8 Å². The van der Waals surface area contributed by atoms with Gasteiger partial charge < -0.3 is 4.90 Å². The van der Waals surface area contributed by atoms with Crippen molar-refractivity contribution in [3.8, 4) is 0 Å². The van der Waals surface area contributed by atoms with E-state index in [-0.39, 0.29) is 5.91 Å². The van der Waals surface area contributed by atoms with Crippen molar-refractivity contribution in [1.29, 1.82) is 0 Å². The molecule has 1 heterocycles. The Bertz CT molecular complexity index is 402. The van der Waals surface area contributed by atoms with Crippen LogP contribution < -0.4 is 0 Å². The lowest BCUT2D eigenvalue weighted by Crippen LogP contribution is -2.35. The third kappa shape index (κ3) is 4.07. The second-order valence-electron chi connectivity index (χ2n) is 4.26. The predicted molar refractivity (Wildman–Crippen MR) is 85.4 cm³/mol. The lowest BCUT2D eigenvalue weighted by atomic mass is 10.0.